The minimum absolute atomic E-state index is 0.515. The maximum absolute atomic E-state index is 4.95. The zero-order chi connectivity index (χ0) is 12.4. The third-order valence-corrected chi connectivity index (χ3v) is 5.15. The molecule has 3 rings (SSSR count). The fourth-order valence-corrected chi connectivity index (χ4v) is 4.18. The second-order valence-corrected chi connectivity index (χ2v) is 6.46. The van der Waals surface area contributed by atoms with Crippen LogP contribution in [0.15, 0.2) is 0 Å². The number of aryl methyl sites for hydroxylation is 1. The van der Waals surface area contributed by atoms with E-state index in [4.69, 9.17) is 4.98 Å². The molecule has 1 fully saturated rings. The van der Waals surface area contributed by atoms with Gasteiger partial charge in [0.2, 0.25) is 0 Å². The average molecular weight is 265 g/mol. The molecular weight excluding hydrogens is 242 g/mol. The molecule has 1 atom stereocenters. The van der Waals surface area contributed by atoms with Gasteiger partial charge < -0.3 is 10.2 Å². The lowest BCUT2D eigenvalue weighted by molar-refractivity contribution is 0.454. The Balaban J connectivity index is 1.78. The highest BCUT2D eigenvalue weighted by molar-refractivity contribution is 7.15. The van der Waals surface area contributed by atoms with E-state index >= 15 is 0 Å². The molecular formula is C14H23N3S. The number of nitrogens with zero attached hydrogens (tertiary/aromatic N) is 2. The SMILES string of the molecule is CCCNC1CCCc2sc(N3CCCC3)nc21. The molecule has 18 heavy (non-hydrogen) atoms. The van der Waals surface area contributed by atoms with Crippen LogP contribution in [0.5, 0.6) is 0 Å². The second kappa shape index (κ2) is 5.57. The highest BCUT2D eigenvalue weighted by Gasteiger charge is 2.26. The first-order valence-electron chi connectivity index (χ1n) is 7.36. The fraction of sp³-hybridized carbons (Fsp3) is 0.786. The molecule has 1 aromatic rings. The number of thiazole rings is 1. The molecule has 100 valence electrons. The summed E-state index contributed by atoms with van der Waals surface area (Å²) < 4.78 is 0. The van der Waals surface area contributed by atoms with E-state index in [2.05, 4.69) is 17.1 Å². The van der Waals surface area contributed by atoms with Crippen LogP contribution in [0.3, 0.4) is 0 Å². The number of hydrogen-bond donors (Lipinski definition) is 1. The number of nitrogens with one attached hydrogen (secondary N) is 1. The van der Waals surface area contributed by atoms with E-state index in [1.54, 1.807) is 0 Å². The molecule has 0 radical (unpaired) electrons. The number of anilines is 1. The number of aromatic nitrogens is 1. The quantitative estimate of drug-likeness (QED) is 0.906. The van der Waals surface area contributed by atoms with Gasteiger partial charge in [0, 0.05) is 18.0 Å². The van der Waals surface area contributed by atoms with E-state index < -0.39 is 0 Å². The van der Waals surface area contributed by atoms with Gasteiger partial charge in [-0.2, -0.15) is 0 Å². The van der Waals surface area contributed by atoms with Gasteiger partial charge in [-0.1, -0.05) is 6.92 Å². The fourth-order valence-electron chi connectivity index (χ4n) is 2.97. The molecule has 3 nitrogen and oxygen atoms in total. The molecule has 0 saturated carbocycles. The molecule has 0 bridgehead atoms. The maximum atomic E-state index is 4.95. The van der Waals surface area contributed by atoms with Gasteiger partial charge in [-0.25, -0.2) is 4.98 Å². The summed E-state index contributed by atoms with van der Waals surface area (Å²) in [6.45, 7) is 5.76. The summed E-state index contributed by atoms with van der Waals surface area (Å²) >= 11 is 1.94. The van der Waals surface area contributed by atoms with Gasteiger partial charge in [0.05, 0.1) is 11.7 Å². The first-order valence-corrected chi connectivity index (χ1v) is 8.18. The molecule has 1 aromatic heterocycles. The average Bonchev–Trinajstić information content (AvgIpc) is 3.03. The predicted molar refractivity (Wildman–Crippen MR) is 77.5 cm³/mol. The predicted octanol–water partition coefficient (Wildman–Crippen LogP) is 3.12. The van der Waals surface area contributed by atoms with Crippen molar-refractivity contribution < 1.29 is 0 Å². The Morgan fingerprint density at radius 3 is 2.94 bits per heavy atom. The molecule has 0 spiro atoms. The summed E-state index contributed by atoms with van der Waals surface area (Å²) in [4.78, 5) is 8.96. The van der Waals surface area contributed by atoms with Crippen molar-refractivity contribution in [2.45, 2.75) is 51.5 Å². The Labute approximate surface area is 114 Å². The summed E-state index contributed by atoms with van der Waals surface area (Å²) in [6.07, 6.45) is 7.69. The monoisotopic (exact) mass is 265 g/mol. The van der Waals surface area contributed by atoms with Gasteiger partial charge in [0.1, 0.15) is 0 Å². The van der Waals surface area contributed by atoms with E-state index in [0.29, 0.717) is 6.04 Å². The number of fused-ring (bicyclic) bond motifs is 1. The first kappa shape index (κ1) is 12.4. The minimum atomic E-state index is 0.515. The van der Waals surface area contributed by atoms with Gasteiger partial charge >= 0.3 is 0 Å². The van der Waals surface area contributed by atoms with Gasteiger partial charge in [0.15, 0.2) is 5.13 Å². The summed E-state index contributed by atoms with van der Waals surface area (Å²) in [5.41, 5.74) is 1.36. The van der Waals surface area contributed by atoms with Crippen LogP contribution in [0, 0.1) is 0 Å². The maximum Gasteiger partial charge on any atom is 0.185 e. The third-order valence-electron chi connectivity index (χ3n) is 3.96. The topological polar surface area (TPSA) is 28.2 Å². The lowest BCUT2D eigenvalue weighted by Gasteiger charge is -2.22. The van der Waals surface area contributed by atoms with Crippen molar-refractivity contribution in [3.05, 3.63) is 10.6 Å². The summed E-state index contributed by atoms with van der Waals surface area (Å²) in [7, 11) is 0. The molecule has 0 aromatic carbocycles. The highest BCUT2D eigenvalue weighted by Crippen LogP contribution is 2.37. The van der Waals surface area contributed by atoms with Crippen molar-refractivity contribution in [2.75, 3.05) is 24.5 Å². The number of rotatable bonds is 4. The molecule has 0 amide bonds. The van der Waals surface area contributed by atoms with Gasteiger partial charge in [-0.15, -0.1) is 11.3 Å². The summed E-state index contributed by atoms with van der Waals surface area (Å²) in [5.74, 6) is 0. The second-order valence-electron chi connectivity index (χ2n) is 5.40. The van der Waals surface area contributed by atoms with Gasteiger partial charge in [0.25, 0.3) is 0 Å². The van der Waals surface area contributed by atoms with Crippen LogP contribution < -0.4 is 10.2 Å². The van der Waals surface area contributed by atoms with E-state index in [1.165, 1.54) is 67.3 Å². The first-order chi connectivity index (χ1) is 8.88. The van der Waals surface area contributed by atoms with Crippen LogP contribution in [-0.2, 0) is 6.42 Å². The van der Waals surface area contributed by atoms with Crippen LogP contribution >= 0.6 is 11.3 Å². The standard InChI is InChI=1S/C14H23N3S/c1-2-8-15-11-6-5-7-12-13(11)16-14(18-12)17-9-3-4-10-17/h11,15H,2-10H2,1H3. The Morgan fingerprint density at radius 1 is 1.33 bits per heavy atom. The molecule has 1 aliphatic heterocycles. The van der Waals surface area contributed by atoms with Crippen molar-refractivity contribution in [3.63, 3.8) is 0 Å². The van der Waals surface area contributed by atoms with Crippen molar-refractivity contribution >= 4 is 16.5 Å². The Bertz CT molecular complexity index is 396. The Morgan fingerprint density at radius 2 is 2.17 bits per heavy atom. The molecule has 1 N–H and O–H groups in total. The zero-order valence-electron chi connectivity index (χ0n) is 11.2. The van der Waals surface area contributed by atoms with Gasteiger partial charge in [-0.05, 0) is 45.1 Å². The lowest BCUT2D eigenvalue weighted by atomic mass is 9.97. The van der Waals surface area contributed by atoms with Crippen molar-refractivity contribution in [2.24, 2.45) is 0 Å². The summed E-state index contributed by atoms with van der Waals surface area (Å²) in [5, 5.41) is 4.94. The Hall–Kier alpha value is -0.610. The van der Waals surface area contributed by atoms with Gasteiger partial charge in [-0.3, -0.25) is 0 Å². The molecule has 2 aliphatic rings. The van der Waals surface area contributed by atoms with E-state index in [-0.39, 0.29) is 0 Å². The zero-order valence-corrected chi connectivity index (χ0v) is 12.1. The smallest absolute Gasteiger partial charge is 0.185 e. The molecule has 1 aliphatic carbocycles. The van der Waals surface area contributed by atoms with Crippen LogP contribution in [0.1, 0.15) is 55.6 Å². The summed E-state index contributed by atoms with van der Waals surface area (Å²) in [6, 6.07) is 0.515. The van der Waals surface area contributed by atoms with Crippen LogP contribution in [-0.4, -0.2) is 24.6 Å². The number of hydrogen-bond acceptors (Lipinski definition) is 4. The highest BCUT2D eigenvalue weighted by atomic mass is 32.1. The van der Waals surface area contributed by atoms with Crippen molar-refractivity contribution in [3.8, 4) is 0 Å². The molecule has 1 unspecified atom stereocenters. The minimum Gasteiger partial charge on any atom is -0.348 e. The molecule has 4 heteroatoms. The van der Waals surface area contributed by atoms with E-state index in [1.807, 2.05) is 11.3 Å². The van der Waals surface area contributed by atoms with E-state index in [9.17, 15) is 0 Å². The Kier molecular flexibility index (Phi) is 3.85. The molecule has 2 heterocycles. The normalized spacial score (nSPS) is 23.4. The van der Waals surface area contributed by atoms with Crippen LogP contribution in [0.25, 0.3) is 0 Å². The largest absolute Gasteiger partial charge is 0.348 e. The van der Waals surface area contributed by atoms with Crippen LogP contribution in [0.4, 0.5) is 5.13 Å². The molecule has 1 saturated heterocycles. The third kappa shape index (κ3) is 2.41. The van der Waals surface area contributed by atoms with Crippen molar-refractivity contribution in [1.29, 1.82) is 0 Å². The van der Waals surface area contributed by atoms with Crippen LogP contribution in [0.2, 0.25) is 0 Å². The van der Waals surface area contributed by atoms with E-state index in [0.717, 1.165) is 6.54 Å². The van der Waals surface area contributed by atoms with Crippen molar-refractivity contribution in [1.82, 2.24) is 10.3 Å². The lowest BCUT2D eigenvalue weighted by Crippen LogP contribution is -2.26.